The van der Waals surface area contributed by atoms with E-state index in [0.717, 1.165) is 17.4 Å². The molecule has 1 fully saturated rings. The Morgan fingerprint density at radius 2 is 2.06 bits per heavy atom. The molecule has 2 amide bonds. The molecule has 3 heterocycles. The summed E-state index contributed by atoms with van der Waals surface area (Å²) in [5.41, 5.74) is 0.988. The molecular formula is C23H26Cl2N6O5. The van der Waals surface area contributed by atoms with E-state index < -0.39 is 11.9 Å². The van der Waals surface area contributed by atoms with Gasteiger partial charge in [0.15, 0.2) is 0 Å². The molecule has 0 aromatic carbocycles. The molecule has 192 valence electrons. The predicted molar refractivity (Wildman–Crippen MR) is 133 cm³/mol. The van der Waals surface area contributed by atoms with Crippen molar-refractivity contribution in [1.29, 1.82) is 0 Å². The van der Waals surface area contributed by atoms with E-state index in [1.54, 1.807) is 29.2 Å². The molecule has 3 aromatic heterocycles. The van der Waals surface area contributed by atoms with Gasteiger partial charge in [-0.05, 0) is 35.4 Å². The summed E-state index contributed by atoms with van der Waals surface area (Å²) >= 11 is 12.1. The Kier molecular flexibility index (Phi) is 7.94. The fourth-order valence-corrected chi connectivity index (χ4v) is 4.15. The molecule has 1 aliphatic carbocycles. The van der Waals surface area contributed by atoms with Crippen LogP contribution < -0.4 is 10.6 Å². The third-order valence-corrected chi connectivity index (χ3v) is 5.90. The Bertz CT molecular complexity index is 1260. The number of aliphatic hydroxyl groups is 1. The minimum absolute atomic E-state index is 0.0965. The van der Waals surface area contributed by atoms with Gasteiger partial charge in [-0.25, -0.2) is 14.8 Å². The van der Waals surface area contributed by atoms with Crippen molar-refractivity contribution < 1.29 is 24.2 Å². The van der Waals surface area contributed by atoms with Crippen LogP contribution >= 0.6 is 23.2 Å². The highest BCUT2D eigenvalue weighted by Crippen LogP contribution is 2.47. The van der Waals surface area contributed by atoms with Crippen molar-refractivity contribution in [2.75, 3.05) is 25.1 Å². The first-order chi connectivity index (χ1) is 17.1. The Morgan fingerprint density at radius 1 is 1.25 bits per heavy atom. The summed E-state index contributed by atoms with van der Waals surface area (Å²) in [6, 6.07) is 3.38. The number of carbonyl (C=O) groups is 2. The monoisotopic (exact) mass is 536 g/mol. The summed E-state index contributed by atoms with van der Waals surface area (Å²) in [6.07, 6.45) is 5.25. The van der Waals surface area contributed by atoms with Gasteiger partial charge in [0.2, 0.25) is 11.7 Å². The zero-order valence-corrected chi connectivity index (χ0v) is 21.2. The van der Waals surface area contributed by atoms with Crippen LogP contribution in [0.25, 0.3) is 10.8 Å². The number of alkyl carbamates (subject to hydrolysis) is 1. The van der Waals surface area contributed by atoms with Crippen molar-refractivity contribution in [3.05, 3.63) is 46.6 Å². The number of amides is 2. The maximum atomic E-state index is 12.7. The van der Waals surface area contributed by atoms with E-state index >= 15 is 0 Å². The van der Waals surface area contributed by atoms with Crippen LogP contribution in [-0.2, 0) is 20.8 Å². The zero-order chi connectivity index (χ0) is 25.9. The Hall–Kier alpha value is -2.99. The maximum Gasteiger partial charge on any atom is 0.409 e. The largest absolute Gasteiger partial charge is 0.418 e. The number of halogens is 2. The average molecular weight is 537 g/mol. The molecule has 3 aromatic rings. The number of carbonyl (C=O) groups excluding carboxylic acids is 2. The van der Waals surface area contributed by atoms with Gasteiger partial charge in [-0.15, -0.1) is 0 Å². The fraction of sp³-hybridized carbons (Fsp3) is 0.435. The van der Waals surface area contributed by atoms with E-state index in [0.29, 0.717) is 24.4 Å². The molecule has 0 bridgehead atoms. The summed E-state index contributed by atoms with van der Waals surface area (Å²) in [5.74, 6) is -1.27. The molecule has 1 saturated carbocycles. The molecule has 0 spiro atoms. The Balaban J connectivity index is 1.19. The lowest BCUT2D eigenvalue weighted by atomic mass is 10.2. The van der Waals surface area contributed by atoms with Crippen LogP contribution in [0.5, 0.6) is 0 Å². The van der Waals surface area contributed by atoms with E-state index in [4.69, 9.17) is 32.7 Å². The van der Waals surface area contributed by atoms with Crippen molar-refractivity contribution in [3.63, 3.8) is 0 Å². The van der Waals surface area contributed by atoms with E-state index in [1.165, 1.54) is 13.8 Å². The third kappa shape index (κ3) is 7.03. The van der Waals surface area contributed by atoms with E-state index in [-0.39, 0.29) is 41.2 Å². The lowest BCUT2D eigenvalue weighted by Crippen LogP contribution is -2.35. The minimum Gasteiger partial charge on any atom is -0.418 e. The molecule has 4 rings (SSSR count). The first kappa shape index (κ1) is 26.1. The summed E-state index contributed by atoms with van der Waals surface area (Å²) in [7, 11) is 0. The van der Waals surface area contributed by atoms with Crippen molar-refractivity contribution in [2.45, 2.75) is 38.5 Å². The van der Waals surface area contributed by atoms with Crippen LogP contribution in [0.15, 0.2) is 30.7 Å². The highest BCUT2D eigenvalue weighted by molar-refractivity contribution is 6.36. The first-order valence-corrected chi connectivity index (χ1v) is 12.1. The highest BCUT2D eigenvalue weighted by atomic mass is 35.5. The predicted octanol–water partition coefficient (Wildman–Crippen LogP) is 3.35. The minimum atomic E-state index is -1.53. The molecule has 13 heteroatoms. The molecule has 0 saturated heterocycles. The van der Waals surface area contributed by atoms with Gasteiger partial charge in [-0.3, -0.25) is 9.48 Å². The molecule has 0 radical (unpaired) electrons. The van der Waals surface area contributed by atoms with E-state index in [9.17, 15) is 14.7 Å². The van der Waals surface area contributed by atoms with Gasteiger partial charge in [0.25, 0.3) is 0 Å². The van der Waals surface area contributed by atoms with Gasteiger partial charge in [-0.1, -0.05) is 23.2 Å². The molecule has 11 nitrogen and oxygen atoms in total. The number of pyridine rings is 2. The number of nitrogens with zero attached hydrogens (tertiary/aromatic N) is 4. The lowest BCUT2D eigenvalue weighted by Gasteiger charge is -2.18. The van der Waals surface area contributed by atoms with Crippen molar-refractivity contribution in [1.82, 2.24) is 25.1 Å². The van der Waals surface area contributed by atoms with Gasteiger partial charge >= 0.3 is 6.09 Å². The first-order valence-electron chi connectivity index (χ1n) is 11.3. The standard InChI is InChI=1S/C23H26Cl2N6O5/c1-23(2,34)36-22(33)26-3-5-35-6-4-31-12-14(10-28-31)15-9-16(15)21(32)30-19-8-13-7-18(24)29-20(25)17(13)11-27-19/h7-8,10-12,15-16,34H,3-6,9H2,1-2H3,(H,26,33)(H,27,30,32). The molecule has 2 unspecified atom stereocenters. The fourth-order valence-electron chi connectivity index (χ4n) is 3.66. The van der Waals surface area contributed by atoms with Gasteiger partial charge in [0, 0.05) is 44.1 Å². The molecular weight excluding hydrogens is 511 g/mol. The van der Waals surface area contributed by atoms with Crippen LogP contribution in [0, 0.1) is 5.92 Å². The van der Waals surface area contributed by atoms with Crippen molar-refractivity contribution in [3.8, 4) is 0 Å². The second-order valence-electron chi connectivity index (χ2n) is 8.88. The molecule has 2 atom stereocenters. The van der Waals surface area contributed by atoms with Gasteiger partial charge in [0.1, 0.15) is 16.1 Å². The topological polar surface area (TPSA) is 140 Å². The summed E-state index contributed by atoms with van der Waals surface area (Å²) < 4.78 is 12.0. The SMILES string of the molecule is CC(C)(O)OC(=O)NCCOCCn1cc(C2CC2C(=O)Nc2cc3cc(Cl)nc(Cl)c3cn2)cn1. The van der Waals surface area contributed by atoms with Gasteiger partial charge < -0.3 is 25.2 Å². The number of nitrogens with one attached hydrogen (secondary N) is 2. The second kappa shape index (κ2) is 11.0. The van der Waals surface area contributed by atoms with Gasteiger partial charge in [0.05, 0.1) is 26.0 Å². The number of anilines is 1. The van der Waals surface area contributed by atoms with Gasteiger partial charge in [-0.2, -0.15) is 5.10 Å². The smallest absolute Gasteiger partial charge is 0.409 e. The summed E-state index contributed by atoms with van der Waals surface area (Å²) in [6.45, 7) is 4.20. The van der Waals surface area contributed by atoms with Crippen LogP contribution in [0.2, 0.25) is 10.3 Å². The number of ether oxygens (including phenoxy) is 2. The molecule has 36 heavy (non-hydrogen) atoms. The van der Waals surface area contributed by atoms with Crippen LogP contribution in [0.4, 0.5) is 10.6 Å². The maximum absolute atomic E-state index is 12.7. The van der Waals surface area contributed by atoms with Crippen LogP contribution in [-0.4, -0.2) is 62.4 Å². The zero-order valence-electron chi connectivity index (χ0n) is 19.7. The Morgan fingerprint density at radius 3 is 2.83 bits per heavy atom. The number of aromatic nitrogens is 4. The summed E-state index contributed by atoms with van der Waals surface area (Å²) in [5, 5.41) is 21.0. The normalized spacial score (nSPS) is 17.1. The number of hydrogen-bond donors (Lipinski definition) is 3. The Labute approximate surface area is 217 Å². The number of fused-ring (bicyclic) bond motifs is 1. The summed E-state index contributed by atoms with van der Waals surface area (Å²) in [4.78, 5) is 32.4. The van der Waals surface area contributed by atoms with Crippen molar-refractivity contribution in [2.24, 2.45) is 5.92 Å². The number of hydrogen-bond acceptors (Lipinski definition) is 8. The highest BCUT2D eigenvalue weighted by Gasteiger charge is 2.44. The second-order valence-corrected chi connectivity index (χ2v) is 9.62. The van der Waals surface area contributed by atoms with E-state index in [1.807, 2.05) is 6.20 Å². The van der Waals surface area contributed by atoms with Crippen LogP contribution in [0.1, 0.15) is 31.7 Å². The molecule has 3 N–H and O–H groups in total. The quantitative estimate of drug-likeness (QED) is 0.203. The molecule has 0 aliphatic heterocycles. The molecule has 1 aliphatic rings. The van der Waals surface area contributed by atoms with Crippen LogP contribution in [0.3, 0.4) is 0 Å². The lowest BCUT2D eigenvalue weighted by molar-refractivity contribution is -0.131. The van der Waals surface area contributed by atoms with Crippen molar-refractivity contribution >= 4 is 51.8 Å². The third-order valence-electron chi connectivity index (χ3n) is 5.42. The number of rotatable bonds is 10. The average Bonchev–Trinajstić information content (AvgIpc) is 3.45. The van der Waals surface area contributed by atoms with E-state index in [2.05, 4.69) is 25.7 Å².